The van der Waals surface area contributed by atoms with E-state index in [9.17, 15) is 18.8 Å². The molecule has 6 heterocycles. The van der Waals surface area contributed by atoms with Gasteiger partial charge in [0.25, 0.3) is 11.8 Å². The Kier molecular flexibility index (Phi) is 8.40. The highest BCUT2D eigenvalue weighted by molar-refractivity contribution is 6.07. The van der Waals surface area contributed by atoms with Gasteiger partial charge in [-0.2, -0.15) is 5.10 Å². The standard InChI is InChI=1S/C37H34F2N8O4/c38-24-3-1-21(2-4-24)32-33-37(50)46-11-12-51-20-27(46)18-45(33)19-30(34(32)48)36(49)44-25-5-6-28(31(39)14-25)29-13-22(15-42-35(29)40)23-16-43-47(17-23)26-7-9-41-10-8-26/h1-6,13-17,19,26-27,41H,7-12,18,20H2,(H2,40,42)(H,44,49). The number of nitrogens with zero attached hydrogens (tertiary/aromatic N) is 5. The maximum atomic E-state index is 15.8. The molecule has 1 unspecified atom stereocenters. The normalized spacial score (nSPS) is 17.6. The van der Waals surface area contributed by atoms with Gasteiger partial charge in [-0.05, 0) is 67.9 Å². The summed E-state index contributed by atoms with van der Waals surface area (Å²) >= 11 is 0. The number of carbonyl (C=O) groups is 2. The molecule has 1 atom stereocenters. The number of nitrogen functional groups attached to an aromatic ring is 1. The van der Waals surface area contributed by atoms with Gasteiger partial charge in [0.1, 0.15) is 28.7 Å². The van der Waals surface area contributed by atoms with Crippen molar-refractivity contribution in [2.45, 2.75) is 31.5 Å². The molecule has 51 heavy (non-hydrogen) atoms. The quantitative estimate of drug-likeness (QED) is 0.238. The van der Waals surface area contributed by atoms with Crippen LogP contribution in [0.3, 0.4) is 0 Å². The Morgan fingerprint density at radius 1 is 0.941 bits per heavy atom. The molecule has 12 nitrogen and oxygen atoms in total. The molecule has 2 amide bonds. The van der Waals surface area contributed by atoms with Crippen molar-refractivity contribution in [3.05, 3.63) is 106 Å². The van der Waals surface area contributed by atoms with Gasteiger partial charge in [-0.1, -0.05) is 12.1 Å². The lowest BCUT2D eigenvalue weighted by Crippen LogP contribution is -2.55. The number of amides is 2. The molecule has 2 saturated heterocycles. The highest BCUT2D eigenvalue weighted by Gasteiger charge is 2.38. The summed E-state index contributed by atoms with van der Waals surface area (Å²) < 4.78 is 38.7. The van der Waals surface area contributed by atoms with E-state index in [-0.39, 0.29) is 52.4 Å². The third kappa shape index (κ3) is 6.06. The molecule has 8 rings (SSSR count). The van der Waals surface area contributed by atoms with Gasteiger partial charge in [-0.3, -0.25) is 19.1 Å². The topological polar surface area (TPSA) is 149 Å². The third-order valence-electron chi connectivity index (χ3n) is 9.81. The fourth-order valence-corrected chi connectivity index (χ4v) is 7.14. The molecule has 0 saturated carbocycles. The smallest absolute Gasteiger partial charge is 0.271 e. The molecule has 0 radical (unpaired) electrons. The van der Waals surface area contributed by atoms with E-state index in [2.05, 4.69) is 20.7 Å². The lowest BCUT2D eigenvalue weighted by atomic mass is 9.97. The number of aromatic nitrogens is 4. The van der Waals surface area contributed by atoms with Gasteiger partial charge in [0, 0.05) is 59.6 Å². The van der Waals surface area contributed by atoms with Crippen LogP contribution in [0.15, 0.2) is 78.1 Å². The summed E-state index contributed by atoms with van der Waals surface area (Å²) in [5.41, 5.74) is 7.84. The minimum atomic E-state index is -0.797. The van der Waals surface area contributed by atoms with Crippen molar-refractivity contribution in [1.82, 2.24) is 29.5 Å². The van der Waals surface area contributed by atoms with Crippen LogP contribution in [0.5, 0.6) is 0 Å². The number of pyridine rings is 2. The molecular formula is C37H34F2N8O4. The molecule has 0 aliphatic carbocycles. The number of benzene rings is 2. The number of hydrogen-bond donors (Lipinski definition) is 3. The first-order valence-electron chi connectivity index (χ1n) is 16.8. The number of anilines is 2. The van der Waals surface area contributed by atoms with Crippen LogP contribution in [0.25, 0.3) is 33.4 Å². The van der Waals surface area contributed by atoms with Crippen molar-refractivity contribution in [2.75, 3.05) is 43.9 Å². The second-order valence-corrected chi connectivity index (χ2v) is 13.0. The first-order valence-corrected chi connectivity index (χ1v) is 16.8. The number of hydrogen-bond acceptors (Lipinski definition) is 8. The van der Waals surface area contributed by atoms with Crippen LogP contribution < -0.4 is 21.8 Å². The van der Waals surface area contributed by atoms with Gasteiger partial charge >= 0.3 is 0 Å². The van der Waals surface area contributed by atoms with Gasteiger partial charge in [0.2, 0.25) is 5.43 Å². The molecule has 2 fully saturated rings. The Labute approximate surface area is 290 Å². The number of morpholine rings is 1. The molecular weight excluding hydrogens is 658 g/mol. The van der Waals surface area contributed by atoms with Crippen molar-refractivity contribution in [2.24, 2.45) is 0 Å². The Morgan fingerprint density at radius 2 is 1.75 bits per heavy atom. The molecule has 5 aromatic rings. The zero-order valence-electron chi connectivity index (χ0n) is 27.4. The molecule has 0 bridgehead atoms. The van der Waals surface area contributed by atoms with E-state index in [4.69, 9.17) is 10.5 Å². The van der Waals surface area contributed by atoms with Gasteiger partial charge in [-0.25, -0.2) is 13.8 Å². The summed E-state index contributed by atoms with van der Waals surface area (Å²) in [5.74, 6) is -2.22. The Morgan fingerprint density at radius 3 is 2.53 bits per heavy atom. The number of fused-ring (bicyclic) bond motifs is 2. The third-order valence-corrected chi connectivity index (χ3v) is 9.81. The van der Waals surface area contributed by atoms with Crippen LogP contribution in [0, 0.1) is 11.6 Å². The zero-order valence-corrected chi connectivity index (χ0v) is 27.4. The average molecular weight is 693 g/mol. The lowest BCUT2D eigenvalue weighted by Gasteiger charge is -2.41. The summed E-state index contributed by atoms with van der Waals surface area (Å²) in [4.78, 5) is 47.3. The summed E-state index contributed by atoms with van der Waals surface area (Å²) in [7, 11) is 0. The molecule has 4 N–H and O–H groups in total. The summed E-state index contributed by atoms with van der Waals surface area (Å²) in [6, 6.07) is 11.1. The predicted molar refractivity (Wildman–Crippen MR) is 186 cm³/mol. The van der Waals surface area contributed by atoms with Crippen molar-refractivity contribution in [3.63, 3.8) is 0 Å². The van der Waals surface area contributed by atoms with Gasteiger partial charge < -0.3 is 30.6 Å². The summed E-state index contributed by atoms with van der Waals surface area (Å²) in [6.07, 6.45) is 8.64. The number of nitrogens with one attached hydrogen (secondary N) is 2. The fraction of sp³-hybridized carbons (Fsp3) is 0.270. The largest absolute Gasteiger partial charge is 0.383 e. The van der Waals surface area contributed by atoms with Gasteiger partial charge in [0.15, 0.2) is 0 Å². The highest BCUT2D eigenvalue weighted by atomic mass is 19.1. The number of rotatable bonds is 6. The first kappa shape index (κ1) is 32.5. The van der Waals surface area contributed by atoms with Gasteiger partial charge in [-0.15, -0.1) is 0 Å². The highest BCUT2D eigenvalue weighted by Crippen LogP contribution is 2.34. The molecule has 3 aliphatic heterocycles. The predicted octanol–water partition coefficient (Wildman–Crippen LogP) is 4.33. The van der Waals surface area contributed by atoms with Crippen molar-refractivity contribution in [1.29, 1.82) is 0 Å². The first-order chi connectivity index (χ1) is 24.7. The molecule has 2 aromatic carbocycles. The molecule has 0 spiro atoms. The Balaban J connectivity index is 1.09. The zero-order chi connectivity index (χ0) is 35.2. The lowest BCUT2D eigenvalue weighted by molar-refractivity contribution is -0.0136. The summed E-state index contributed by atoms with van der Waals surface area (Å²) in [6.45, 7) is 3.18. The molecule has 3 aliphatic rings. The van der Waals surface area contributed by atoms with Crippen LogP contribution in [-0.2, 0) is 11.3 Å². The van der Waals surface area contributed by atoms with Gasteiger partial charge in [0.05, 0.1) is 37.1 Å². The van der Waals surface area contributed by atoms with Crippen LogP contribution in [0.2, 0.25) is 0 Å². The minimum absolute atomic E-state index is 0.0109. The number of halogens is 2. The fourth-order valence-electron chi connectivity index (χ4n) is 7.14. The van der Waals surface area contributed by atoms with E-state index < -0.39 is 23.0 Å². The summed E-state index contributed by atoms with van der Waals surface area (Å²) in [5, 5.41) is 10.5. The van der Waals surface area contributed by atoms with Crippen molar-refractivity contribution >= 4 is 23.3 Å². The minimum Gasteiger partial charge on any atom is -0.383 e. The number of nitrogens with two attached hydrogens (primary N) is 1. The SMILES string of the molecule is Nc1ncc(-c2cnn(C3CCNCC3)c2)cc1-c1ccc(NC(=O)c2cn3c(c(-c4ccc(F)cc4)c2=O)C(=O)N2CCOCC2C3)cc1F. The number of ether oxygens (including phenoxy) is 1. The van der Waals surface area contributed by atoms with E-state index in [0.717, 1.165) is 43.1 Å². The Hall–Kier alpha value is -5.73. The van der Waals surface area contributed by atoms with Crippen LogP contribution in [0.1, 0.15) is 39.7 Å². The Bertz CT molecular complexity index is 2230. The van der Waals surface area contributed by atoms with E-state index in [1.54, 1.807) is 27.9 Å². The maximum Gasteiger partial charge on any atom is 0.271 e. The van der Waals surface area contributed by atoms with Crippen molar-refractivity contribution < 1.29 is 23.1 Å². The maximum absolute atomic E-state index is 15.8. The van der Waals surface area contributed by atoms with E-state index in [1.165, 1.54) is 42.6 Å². The second-order valence-electron chi connectivity index (χ2n) is 13.0. The van der Waals surface area contributed by atoms with Crippen LogP contribution in [0.4, 0.5) is 20.3 Å². The number of carbonyl (C=O) groups excluding carboxylic acids is 2. The molecule has 14 heteroatoms. The van der Waals surface area contributed by atoms with E-state index in [1.807, 2.05) is 10.9 Å². The monoisotopic (exact) mass is 692 g/mol. The molecule has 3 aromatic heterocycles. The number of piperidine rings is 1. The molecule has 260 valence electrons. The van der Waals surface area contributed by atoms with Crippen LogP contribution >= 0.6 is 0 Å². The van der Waals surface area contributed by atoms with E-state index in [0.29, 0.717) is 36.9 Å². The van der Waals surface area contributed by atoms with Crippen molar-refractivity contribution in [3.8, 4) is 33.4 Å². The average Bonchev–Trinajstić information content (AvgIpc) is 3.64. The second kappa shape index (κ2) is 13.2. The van der Waals surface area contributed by atoms with E-state index >= 15 is 4.39 Å². The van der Waals surface area contributed by atoms with Crippen LogP contribution in [-0.4, -0.2) is 74.9 Å².